The molecule has 2 aromatic carbocycles. The Morgan fingerprint density at radius 1 is 1.30 bits per heavy atom. The van der Waals surface area contributed by atoms with Crippen LogP contribution in [0, 0.1) is 6.92 Å². The van der Waals surface area contributed by atoms with Gasteiger partial charge >= 0.3 is 0 Å². The van der Waals surface area contributed by atoms with Gasteiger partial charge in [-0.3, -0.25) is 4.79 Å². The Labute approximate surface area is 143 Å². The van der Waals surface area contributed by atoms with E-state index in [2.05, 4.69) is 23.3 Å². The number of aryl methyl sites for hydroxylation is 1. The van der Waals surface area contributed by atoms with Crippen LogP contribution in [0.4, 0.5) is 5.69 Å². The number of rotatable bonds is 4. The minimum atomic E-state index is -0.162. The third kappa shape index (κ3) is 3.81. The molecule has 4 nitrogen and oxygen atoms in total. The maximum atomic E-state index is 11.1. The zero-order valence-electron chi connectivity index (χ0n) is 12.7. The molecule has 1 heterocycles. The van der Waals surface area contributed by atoms with Gasteiger partial charge in [-0.05, 0) is 36.8 Å². The summed E-state index contributed by atoms with van der Waals surface area (Å²) in [5.74, 6) is 0.477. The Kier molecular flexibility index (Phi) is 4.50. The number of fused-ring (bicyclic) bond motifs is 1. The first-order chi connectivity index (χ1) is 11.0. The number of nitrogens with zero attached hydrogens (tertiary/aromatic N) is 1. The zero-order valence-corrected chi connectivity index (χ0v) is 14.3. The van der Waals surface area contributed by atoms with Crippen molar-refractivity contribution in [3.8, 4) is 5.75 Å². The van der Waals surface area contributed by atoms with Gasteiger partial charge in [0.25, 0.3) is 0 Å². The lowest BCUT2D eigenvalue weighted by molar-refractivity contribution is -0.114. The van der Waals surface area contributed by atoms with E-state index in [9.17, 15) is 4.79 Å². The highest BCUT2D eigenvalue weighted by Gasteiger charge is 2.07. The molecule has 6 heteroatoms. The summed E-state index contributed by atoms with van der Waals surface area (Å²) in [6.45, 7) is 3.89. The Balaban J connectivity index is 1.71. The zero-order chi connectivity index (χ0) is 16.4. The number of hydrogen-bond donors (Lipinski definition) is 1. The van der Waals surface area contributed by atoms with Gasteiger partial charge in [-0.25, -0.2) is 4.98 Å². The average Bonchev–Trinajstić information content (AvgIpc) is 2.89. The standard InChI is InChI=1S/C17H15ClN2O2S/c1-10-3-5-15-16(7-10)23-17(20-15)9-22-12-4-6-14(13(18)8-12)19-11(2)21/h3-8H,9H2,1-2H3,(H,19,21). The molecule has 0 spiro atoms. The van der Waals surface area contributed by atoms with Crippen LogP contribution < -0.4 is 10.1 Å². The molecule has 0 aliphatic carbocycles. The molecule has 0 bridgehead atoms. The number of hydrogen-bond acceptors (Lipinski definition) is 4. The van der Waals surface area contributed by atoms with Crippen LogP contribution in [0.15, 0.2) is 36.4 Å². The van der Waals surface area contributed by atoms with Crippen LogP contribution in [-0.4, -0.2) is 10.9 Å². The van der Waals surface area contributed by atoms with Crippen molar-refractivity contribution < 1.29 is 9.53 Å². The molecule has 0 aliphatic rings. The lowest BCUT2D eigenvalue weighted by Gasteiger charge is -2.08. The van der Waals surface area contributed by atoms with Gasteiger partial charge in [0.05, 0.1) is 20.9 Å². The molecule has 0 saturated carbocycles. The van der Waals surface area contributed by atoms with Gasteiger partial charge in [-0.2, -0.15) is 0 Å². The Bertz CT molecular complexity index is 876. The molecule has 118 valence electrons. The number of aromatic nitrogens is 1. The average molecular weight is 347 g/mol. The van der Waals surface area contributed by atoms with E-state index < -0.39 is 0 Å². The number of nitrogens with one attached hydrogen (secondary N) is 1. The van der Waals surface area contributed by atoms with E-state index in [1.54, 1.807) is 29.5 Å². The molecule has 1 amide bonds. The molecule has 3 aromatic rings. The second-order valence-corrected chi connectivity index (χ2v) is 6.71. The summed E-state index contributed by atoms with van der Waals surface area (Å²) in [6, 6.07) is 11.4. The lowest BCUT2D eigenvalue weighted by atomic mass is 10.2. The number of thiazole rings is 1. The van der Waals surface area contributed by atoms with Gasteiger partial charge in [0.1, 0.15) is 17.4 Å². The fourth-order valence-corrected chi connectivity index (χ4v) is 3.36. The second kappa shape index (κ2) is 6.56. The van der Waals surface area contributed by atoms with Crippen LogP contribution in [-0.2, 0) is 11.4 Å². The molecule has 0 fully saturated rings. The predicted molar refractivity (Wildman–Crippen MR) is 94.4 cm³/mol. The summed E-state index contributed by atoms with van der Waals surface area (Å²) in [6.07, 6.45) is 0. The highest BCUT2D eigenvalue weighted by atomic mass is 35.5. The van der Waals surface area contributed by atoms with Crippen molar-refractivity contribution >= 4 is 44.7 Å². The van der Waals surface area contributed by atoms with Crippen LogP contribution in [0.2, 0.25) is 5.02 Å². The van der Waals surface area contributed by atoms with E-state index >= 15 is 0 Å². The summed E-state index contributed by atoms with van der Waals surface area (Å²) in [5, 5.41) is 4.01. The van der Waals surface area contributed by atoms with E-state index in [1.807, 2.05) is 12.1 Å². The van der Waals surface area contributed by atoms with Gasteiger partial charge in [-0.1, -0.05) is 17.7 Å². The van der Waals surface area contributed by atoms with E-state index in [1.165, 1.54) is 12.5 Å². The molecule has 0 radical (unpaired) electrons. The molecule has 0 aliphatic heterocycles. The smallest absolute Gasteiger partial charge is 0.221 e. The molecule has 0 saturated heterocycles. The quantitative estimate of drug-likeness (QED) is 0.738. The van der Waals surface area contributed by atoms with E-state index in [0.29, 0.717) is 23.1 Å². The van der Waals surface area contributed by atoms with Crippen LogP contribution >= 0.6 is 22.9 Å². The van der Waals surface area contributed by atoms with Gasteiger partial charge in [0.15, 0.2) is 0 Å². The van der Waals surface area contributed by atoms with Crippen molar-refractivity contribution in [3.63, 3.8) is 0 Å². The molecular formula is C17H15ClN2O2S. The first kappa shape index (κ1) is 15.8. The first-order valence-corrected chi connectivity index (χ1v) is 8.27. The number of amides is 1. The third-order valence-corrected chi connectivity index (χ3v) is 4.51. The normalized spacial score (nSPS) is 10.7. The van der Waals surface area contributed by atoms with Gasteiger partial charge in [0.2, 0.25) is 5.91 Å². The lowest BCUT2D eigenvalue weighted by Crippen LogP contribution is -2.06. The number of carbonyl (C=O) groups excluding carboxylic acids is 1. The molecule has 1 aromatic heterocycles. The minimum absolute atomic E-state index is 0.162. The fourth-order valence-electron chi connectivity index (χ4n) is 2.16. The minimum Gasteiger partial charge on any atom is -0.486 e. The second-order valence-electron chi connectivity index (χ2n) is 5.19. The Morgan fingerprint density at radius 2 is 2.13 bits per heavy atom. The highest BCUT2D eigenvalue weighted by molar-refractivity contribution is 7.18. The molecule has 1 N–H and O–H groups in total. The SMILES string of the molecule is CC(=O)Nc1ccc(OCc2nc3ccc(C)cc3s2)cc1Cl. The largest absolute Gasteiger partial charge is 0.486 e. The van der Waals surface area contributed by atoms with Crippen LogP contribution in [0.1, 0.15) is 17.5 Å². The van der Waals surface area contributed by atoms with Crippen molar-refractivity contribution in [1.29, 1.82) is 0 Å². The Morgan fingerprint density at radius 3 is 2.87 bits per heavy atom. The van der Waals surface area contributed by atoms with Crippen molar-refractivity contribution in [2.24, 2.45) is 0 Å². The summed E-state index contributed by atoms with van der Waals surface area (Å²) < 4.78 is 6.90. The number of anilines is 1. The molecule has 23 heavy (non-hydrogen) atoms. The molecule has 0 unspecified atom stereocenters. The number of ether oxygens (including phenoxy) is 1. The van der Waals surface area contributed by atoms with Crippen LogP contribution in [0.3, 0.4) is 0 Å². The van der Waals surface area contributed by atoms with Crippen LogP contribution in [0.25, 0.3) is 10.2 Å². The van der Waals surface area contributed by atoms with Crippen molar-refractivity contribution in [2.75, 3.05) is 5.32 Å². The van der Waals surface area contributed by atoms with Crippen molar-refractivity contribution in [3.05, 3.63) is 52.0 Å². The Hall–Kier alpha value is -2.11. The highest BCUT2D eigenvalue weighted by Crippen LogP contribution is 2.28. The fraction of sp³-hybridized carbons (Fsp3) is 0.176. The molecular weight excluding hydrogens is 332 g/mol. The summed E-state index contributed by atoms with van der Waals surface area (Å²) in [5.41, 5.74) is 2.77. The van der Waals surface area contributed by atoms with Crippen molar-refractivity contribution in [2.45, 2.75) is 20.5 Å². The van der Waals surface area contributed by atoms with Gasteiger partial charge in [-0.15, -0.1) is 11.3 Å². The van der Waals surface area contributed by atoms with Crippen LogP contribution in [0.5, 0.6) is 5.75 Å². The molecule has 0 atom stereocenters. The van der Waals surface area contributed by atoms with E-state index in [-0.39, 0.29) is 5.91 Å². The first-order valence-electron chi connectivity index (χ1n) is 7.07. The topological polar surface area (TPSA) is 51.2 Å². The van der Waals surface area contributed by atoms with E-state index in [4.69, 9.17) is 16.3 Å². The number of benzene rings is 2. The predicted octanol–water partition coefficient (Wildman–Crippen LogP) is 4.80. The summed E-state index contributed by atoms with van der Waals surface area (Å²) in [4.78, 5) is 15.6. The number of halogens is 1. The maximum absolute atomic E-state index is 11.1. The number of carbonyl (C=O) groups is 1. The third-order valence-electron chi connectivity index (χ3n) is 3.20. The maximum Gasteiger partial charge on any atom is 0.221 e. The van der Waals surface area contributed by atoms with Gasteiger partial charge < -0.3 is 10.1 Å². The van der Waals surface area contributed by atoms with E-state index in [0.717, 1.165) is 15.2 Å². The summed E-state index contributed by atoms with van der Waals surface area (Å²) >= 11 is 7.75. The monoisotopic (exact) mass is 346 g/mol. The van der Waals surface area contributed by atoms with Crippen molar-refractivity contribution in [1.82, 2.24) is 4.98 Å². The van der Waals surface area contributed by atoms with Gasteiger partial charge in [0, 0.05) is 13.0 Å². The summed E-state index contributed by atoms with van der Waals surface area (Å²) in [7, 11) is 0. The molecule has 3 rings (SSSR count).